The Kier molecular flexibility index (Phi) is 5.36. The molecule has 0 aromatic heterocycles. The van der Waals surface area contributed by atoms with Gasteiger partial charge in [0.25, 0.3) is 5.91 Å². The number of carbonyl (C=O) groups excluding carboxylic acids is 2. The highest BCUT2D eigenvalue weighted by Crippen LogP contribution is 2.17. The summed E-state index contributed by atoms with van der Waals surface area (Å²) in [6, 6.07) is 13.9. The van der Waals surface area contributed by atoms with Crippen molar-refractivity contribution in [3.05, 3.63) is 48.0 Å². The van der Waals surface area contributed by atoms with Gasteiger partial charge in [-0.15, -0.1) is 0 Å². The molecule has 2 aromatic carbocycles. The van der Waals surface area contributed by atoms with Crippen molar-refractivity contribution in [3.8, 4) is 0 Å². The fourth-order valence-corrected chi connectivity index (χ4v) is 3.71. The van der Waals surface area contributed by atoms with Gasteiger partial charge in [-0.05, 0) is 22.9 Å². The number of benzene rings is 2. The van der Waals surface area contributed by atoms with Crippen LogP contribution >= 0.6 is 0 Å². The van der Waals surface area contributed by atoms with E-state index in [1.54, 1.807) is 0 Å². The van der Waals surface area contributed by atoms with E-state index < -0.39 is 0 Å². The van der Waals surface area contributed by atoms with Crippen LogP contribution in [-0.2, 0) is 9.53 Å². The van der Waals surface area contributed by atoms with Crippen LogP contribution in [0.4, 0.5) is 0 Å². The van der Waals surface area contributed by atoms with Gasteiger partial charge in [-0.25, -0.2) is 0 Å². The molecule has 2 amide bonds. The second-order valence-electron chi connectivity index (χ2n) is 7.12. The number of ether oxygens (including phenoxy) is 1. The molecular formula is C21H25N3O3. The predicted molar refractivity (Wildman–Crippen MR) is 104 cm³/mol. The van der Waals surface area contributed by atoms with Gasteiger partial charge in [0.05, 0.1) is 19.8 Å². The summed E-state index contributed by atoms with van der Waals surface area (Å²) in [5.41, 5.74) is 0.710. The number of amides is 2. The van der Waals surface area contributed by atoms with Gasteiger partial charge < -0.3 is 14.5 Å². The van der Waals surface area contributed by atoms with Gasteiger partial charge in [0.1, 0.15) is 0 Å². The summed E-state index contributed by atoms with van der Waals surface area (Å²) in [6.07, 6.45) is 0. The van der Waals surface area contributed by atoms with Crippen molar-refractivity contribution in [2.45, 2.75) is 0 Å². The van der Waals surface area contributed by atoms with Crippen molar-refractivity contribution in [1.82, 2.24) is 14.7 Å². The Bertz CT molecular complexity index is 824. The molecule has 0 radical (unpaired) electrons. The maximum absolute atomic E-state index is 12.8. The van der Waals surface area contributed by atoms with Gasteiger partial charge in [-0.3, -0.25) is 14.5 Å². The van der Waals surface area contributed by atoms with E-state index in [-0.39, 0.29) is 11.8 Å². The Morgan fingerprint density at radius 3 is 2.22 bits per heavy atom. The second kappa shape index (κ2) is 8.06. The molecule has 27 heavy (non-hydrogen) atoms. The van der Waals surface area contributed by atoms with Gasteiger partial charge in [0.2, 0.25) is 5.91 Å². The second-order valence-corrected chi connectivity index (χ2v) is 7.12. The lowest BCUT2D eigenvalue weighted by Gasteiger charge is -2.36. The van der Waals surface area contributed by atoms with Crippen molar-refractivity contribution < 1.29 is 14.3 Å². The zero-order valence-electron chi connectivity index (χ0n) is 15.5. The van der Waals surface area contributed by atoms with Crippen LogP contribution in [0.25, 0.3) is 10.8 Å². The van der Waals surface area contributed by atoms with Crippen LogP contribution in [0.15, 0.2) is 42.5 Å². The number of hydrogen-bond acceptors (Lipinski definition) is 4. The summed E-state index contributed by atoms with van der Waals surface area (Å²) in [5, 5.41) is 2.20. The molecule has 2 fully saturated rings. The number of piperazine rings is 1. The lowest BCUT2D eigenvalue weighted by molar-refractivity contribution is -0.134. The average Bonchev–Trinajstić information content (AvgIpc) is 2.73. The topological polar surface area (TPSA) is 53.1 Å². The number of carbonyl (C=O) groups is 2. The standard InChI is InChI=1S/C21H25N3O3/c25-20(16-22-11-13-27-14-12-22)23-7-9-24(10-8-23)21(26)19-6-5-17-3-1-2-4-18(17)15-19/h1-6,15H,7-14,16H2. The summed E-state index contributed by atoms with van der Waals surface area (Å²) in [4.78, 5) is 31.2. The quantitative estimate of drug-likeness (QED) is 0.824. The van der Waals surface area contributed by atoms with Gasteiger partial charge in [-0.2, -0.15) is 0 Å². The van der Waals surface area contributed by atoms with Gasteiger partial charge in [0, 0.05) is 44.8 Å². The molecule has 0 bridgehead atoms. The normalized spacial score (nSPS) is 18.7. The van der Waals surface area contributed by atoms with E-state index in [4.69, 9.17) is 4.74 Å². The maximum Gasteiger partial charge on any atom is 0.253 e. The van der Waals surface area contributed by atoms with Gasteiger partial charge >= 0.3 is 0 Å². The molecule has 6 nitrogen and oxygen atoms in total. The highest BCUT2D eigenvalue weighted by Gasteiger charge is 2.26. The number of morpholine rings is 1. The molecule has 2 aliphatic heterocycles. The van der Waals surface area contributed by atoms with Crippen LogP contribution in [-0.4, -0.2) is 85.5 Å². The molecule has 6 heteroatoms. The van der Waals surface area contributed by atoms with E-state index in [0.29, 0.717) is 51.5 Å². The van der Waals surface area contributed by atoms with Crippen LogP contribution in [0.5, 0.6) is 0 Å². The molecule has 2 aliphatic rings. The molecule has 2 heterocycles. The summed E-state index contributed by atoms with van der Waals surface area (Å²) < 4.78 is 5.33. The molecule has 2 aromatic rings. The minimum absolute atomic E-state index is 0.0426. The maximum atomic E-state index is 12.8. The van der Waals surface area contributed by atoms with Crippen LogP contribution in [0.3, 0.4) is 0 Å². The van der Waals surface area contributed by atoms with E-state index in [1.807, 2.05) is 52.3 Å². The van der Waals surface area contributed by atoms with Crippen LogP contribution in [0.1, 0.15) is 10.4 Å². The third kappa shape index (κ3) is 4.12. The highest BCUT2D eigenvalue weighted by molar-refractivity contribution is 5.98. The van der Waals surface area contributed by atoms with Crippen LogP contribution in [0.2, 0.25) is 0 Å². The monoisotopic (exact) mass is 367 g/mol. The first-order valence-electron chi connectivity index (χ1n) is 9.57. The molecule has 0 unspecified atom stereocenters. The van der Waals surface area contributed by atoms with Crippen molar-refractivity contribution in [3.63, 3.8) is 0 Å². The van der Waals surface area contributed by atoms with Crippen molar-refractivity contribution >= 4 is 22.6 Å². The average molecular weight is 367 g/mol. The van der Waals surface area contributed by atoms with Crippen LogP contribution in [0, 0.1) is 0 Å². The first kappa shape index (κ1) is 17.9. The first-order chi connectivity index (χ1) is 13.2. The molecule has 142 valence electrons. The summed E-state index contributed by atoms with van der Waals surface area (Å²) in [5.74, 6) is 0.190. The van der Waals surface area contributed by atoms with Crippen LogP contribution < -0.4 is 0 Å². The minimum atomic E-state index is 0.0426. The Balaban J connectivity index is 1.33. The number of fused-ring (bicyclic) bond motifs is 1. The molecule has 0 saturated carbocycles. The Morgan fingerprint density at radius 1 is 0.815 bits per heavy atom. The zero-order valence-corrected chi connectivity index (χ0v) is 15.5. The van der Waals surface area contributed by atoms with Crippen molar-refractivity contribution in [2.75, 3.05) is 59.0 Å². The molecule has 4 rings (SSSR count). The van der Waals surface area contributed by atoms with E-state index in [1.165, 1.54) is 0 Å². The molecule has 0 N–H and O–H groups in total. The van der Waals surface area contributed by atoms with Gasteiger partial charge in [0.15, 0.2) is 0 Å². The fourth-order valence-electron chi connectivity index (χ4n) is 3.71. The van der Waals surface area contributed by atoms with Crippen molar-refractivity contribution in [1.29, 1.82) is 0 Å². The third-order valence-corrected chi connectivity index (χ3v) is 5.38. The number of hydrogen-bond donors (Lipinski definition) is 0. The summed E-state index contributed by atoms with van der Waals surface area (Å²) >= 11 is 0. The largest absolute Gasteiger partial charge is 0.379 e. The minimum Gasteiger partial charge on any atom is -0.379 e. The molecule has 0 spiro atoms. The van der Waals surface area contributed by atoms with E-state index in [2.05, 4.69) is 4.90 Å². The van der Waals surface area contributed by atoms with Crippen molar-refractivity contribution in [2.24, 2.45) is 0 Å². The first-order valence-corrected chi connectivity index (χ1v) is 9.57. The Morgan fingerprint density at radius 2 is 1.48 bits per heavy atom. The summed E-state index contributed by atoms with van der Waals surface area (Å²) in [7, 11) is 0. The molecule has 0 aliphatic carbocycles. The van der Waals surface area contributed by atoms with Gasteiger partial charge in [-0.1, -0.05) is 30.3 Å². The SMILES string of the molecule is O=C(CN1CCOCC1)N1CCN(C(=O)c2ccc3ccccc3c2)CC1. The Labute approximate surface area is 159 Å². The molecule has 2 saturated heterocycles. The van der Waals surface area contributed by atoms with E-state index in [9.17, 15) is 9.59 Å². The lowest BCUT2D eigenvalue weighted by Crippen LogP contribution is -2.53. The smallest absolute Gasteiger partial charge is 0.253 e. The lowest BCUT2D eigenvalue weighted by atomic mass is 10.1. The van der Waals surface area contributed by atoms with E-state index in [0.717, 1.165) is 23.9 Å². The third-order valence-electron chi connectivity index (χ3n) is 5.38. The number of nitrogens with zero attached hydrogens (tertiary/aromatic N) is 3. The number of rotatable bonds is 3. The Hall–Kier alpha value is -2.44. The predicted octanol–water partition coefficient (Wildman–Crippen LogP) is 1.46. The fraction of sp³-hybridized carbons (Fsp3) is 0.429. The van der Waals surface area contributed by atoms with E-state index >= 15 is 0 Å². The summed E-state index contributed by atoms with van der Waals surface area (Å²) in [6.45, 7) is 5.83. The molecule has 0 atom stereocenters. The highest BCUT2D eigenvalue weighted by atomic mass is 16.5. The zero-order chi connectivity index (χ0) is 18.6. The molecular weight excluding hydrogens is 342 g/mol.